The Morgan fingerprint density at radius 2 is 1.95 bits per heavy atom. The molecule has 0 radical (unpaired) electrons. The molecule has 0 aliphatic carbocycles. The number of hydrogen-bond acceptors (Lipinski definition) is 3. The van der Waals surface area contributed by atoms with Crippen molar-refractivity contribution in [2.75, 3.05) is 32.1 Å². The maximum absolute atomic E-state index is 11.5. The number of methoxy groups -OCH3 is 1. The molecule has 0 atom stereocenters. The molecule has 0 spiro atoms. The van der Waals surface area contributed by atoms with E-state index in [1.54, 1.807) is 7.11 Å². The Morgan fingerprint density at radius 3 is 2.53 bits per heavy atom. The van der Waals surface area contributed by atoms with E-state index in [-0.39, 0.29) is 5.91 Å². The predicted molar refractivity (Wildman–Crippen MR) is 78.5 cm³/mol. The fraction of sp³-hybridized carbons (Fsp3) is 0.533. The molecule has 0 fully saturated rings. The van der Waals surface area contributed by atoms with E-state index in [0.29, 0.717) is 25.6 Å². The van der Waals surface area contributed by atoms with Gasteiger partial charge in [0.15, 0.2) is 0 Å². The molecule has 2 N–H and O–H groups in total. The summed E-state index contributed by atoms with van der Waals surface area (Å²) < 4.78 is 4.92. The molecule has 1 aromatic carbocycles. The second kappa shape index (κ2) is 8.53. The molecule has 0 aromatic heterocycles. The van der Waals surface area contributed by atoms with Gasteiger partial charge in [0.1, 0.15) is 0 Å². The van der Waals surface area contributed by atoms with Gasteiger partial charge < -0.3 is 15.4 Å². The number of nitrogens with one attached hydrogen (secondary N) is 2. The van der Waals surface area contributed by atoms with Crippen molar-refractivity contribution in [2.45, 2.75) is 26.2 Å². The van der Waals surface area contributed by atoms with Crippen LogP contribution < -0.4 is 10.6 Å². The summed E-state index contributed by atoms with van der Waals surface area (Å²) in [5.74, 6) is 0.530. The molecule has 106 valence electrons. The Morgan fingerprint density at radius 1 is 1.26 bits per heavy atom. The van der Waals surface area contributed by atoms with Gasteiger partial charge >= 0.3 is 0 Å². The molecule has 0 aliphatic heterocycles. The van der Waals surface area contributed by atoms with Gasteiger partial charge in [0.2, 0.25) is 5.91 Å². The zero-order chi connectivity index (χ0) is 14.1. The second-order valence-electron chi connectivity index (χ2n) is 4.83. The van der Waals surface area contributed by atoms with E-state index in [1.807, 2.05) is 12.1 Å². The molecule has 1 aromatic rings. The van der Waals surface area contributed by atoms with Crippen LogP contribution in [-0.2, 0) is 9.53 Å². The molecular formula is C15H24N2O2. The first-order valence-corrected chi connectivity index (χ1v) is 6.73. The quantitative estimate of drug-likeness (QED) is 0.709. The van der Waals surface area contributed by atoms with Crippen LogP contribution in [-0.4, -0.2) is 32.7 Å². The van der Waals surface area contributed by atoms with Gasteiger partial charge in [-0.25, -0.2) is 0 Å². The molecule has 4 nitrogen and oxygen atoms in total. The van der Waals surface area contributed by atoms with Gasteiger partial charge in [-0.05, 0) is 30.0 Å². The van der Waals surface area contributed by atoms with Crippen LogP contribution in [0.15, 0.2) is 24.3 Å². The van der Waals surface area contributed by atoms with Crippen molar-refractivity contribution in [3.63, 3.8) is 0 Å². The lowest BCUT2D eigenvalue weighted by Gasteiger charge is -2.09. The standard InChI is InChI=1S/C15H24N2O2/c1-12(2)13-5-7-14(8-6-13)17-11-15(18)16-9-4-10-19-3/h5-8,12,17H,4,9-11H2,1-3H3,(H,16,18). The molecular weight excluding hydrogens is 240 g/mol. The normalized spacial score (nSPS) is 10.5. The molecule has 0 saturated carbocycles. The van der Waals surface area contributed by atoms with E-state index in [2.05, 4.69) is 36.6 Å². The summed E-state index contributed by atoms with van der Waals surface area (Å²) in [7, 11) is 1.66. The number of ether oxygens (including phenoxy) is 1. The van der Waals surface area contributed by atoms with Crippen LogP contribution in [0.4, 0.5) is 5.69 Å². The Balaban J connectivity index is 2.26. The van der Waals surface area contributed by atoms with Crippen molar-refractivity contribution in [1.82, 2.24) is 5.32 Å². The first-order chi connectivity index (χ1) is 9.13. The summed E-state index contributed by atoms with van der Waals surface area (Å²) in [4.78, 5) is 11.5. The molecule has 0 saturated heterocycles. The summed E-state index contributed by atoms with van der Waals surface area (Å²) >= 11 is 0. The van der Waals surface area contributed by atoms with E-state index in [1.165, 1.54) is 5.56 Å². The van der Waals surface area contributed by atoms with Gasteiger partial charge in [-0.3, -0.25) is 4.79 Å². The van der Waals surface area contributed by atoms with Crippen molar-refractivity contribution in [1.29, 1.82) is 0 Å². The zero-order valence-corrected chi connectivity index (χ0v) is 12.0. The molecule has 0 aliphatic rings. The van der Waals surface area contributed by atoms with E-state index in [0.717, 1.165) is 12.1 Å². The highest BCUT2D eigenvalue weighted by Crippen LogP contribution is 2.16. The first-order valence-electron chi connectivity index (χ1n) is 6.73. The van der Waals surface area contributed by atoms with Crippen molar-refractivity contribution < 1.29 is 9.53 Å². The van der Waals surface area contributed by atoms with E-state index in [9.17, 15) is 4.79 Å². The summed E-state index contributed by atoms with van der Waals surface area (Å²) in [6.45, 7) is 5.95. The third kappa shape index (κ3) is 6.25. The lowest BCUT2D eigenvalue weighted by Crippen LogP contribution is -2.31. The Hall–Kier alpha value is -1.55. The number of benzene rings is 1. The van der Waals surface area contributed by atoms with Crippen molar-refractivity contribution >= 4 is 11.6 Å². The van der Waals surface area contributed by atoms with Gasteiger partial charge in [-0.2, -0.15) is 0 Å². The third-order valence-corrected chi connectivity index (χ3v) is 2.88. The molecule has 1 amide bonds. The molecule has 0 bridgehead atoms. The molecule has 1 rings (SSSR count). The fourth-order valence-electron chi connectivity index (χ4n) is 1.68. The topological polar surface area (TPSA) is 50.4 Å². The largest absolute Gasteiger partial charge is 0.385 e. The number of anilines is 1. The minimum Gasteiger partial charge on any atom is -0.385 e. The predicted octanol–water partition coefficient (Wildman–Crippen LogP) is 2.37. The minimum absolute atomic E-state index is 0.00374. The van der Waals surface area contributed by atoms with Crippen molar-refractivity contribution in [3.8, 4) is 0 Å². The van der Waals surface area contributed by atoms with Crippen LogP contribution in [0.1, 0.15) is 31.7 Å². The summed E-state index contributed by atoms with van der Waals surface area (Å²) in [5, 5.41) is 5.94. The number of carbonyl (C=O) groups is 1. The summed E-state index contributed by atoms with van der Waals surface area (Å²) in [6, 6.07) is 8.19. The fourth-order valence-corrected chi connectivity index (χ4v) is 1.68. The number of carbonyl (C=O) groups excluding carboxylic acids is 1. The van der Waals surface area contributed by atoms with Gasteiger partial charge in [-0.1, -0.05) is 26.0 Å². The monoisotopic (exact) mass is 264 g/mol. The Labute approximate surface area is 115 Å². The third-order valence-electron chi connectivity index (χ3n) is 2.88. The number of hydrogen-bond donors (Lipinski definition) is 2. The number of amides is 1. The van der Waals surface area contributed by atoms with E-state index < -0.39 is 0 Å². The van der Waals surface area contributed by atoms with Crippen LogP contribution in [0.5, 0.6) is 0 Å². The van der Waals surface area contributed by atoms with Gasteiger partial charge in [0, 0.05) is 25.9 Å². The molecule has 0 unspecified atom stereocenters. The minimum atomic E-state index is 0.00374. The second-order valence-corrected chi connectivity index (χ2v) is 4.83. The van der Waals surface area contributed by atoms with Crippen LogP contribution in [0.3, 0.4) is 0 Å². The highest BCUT2D eigenvalue weighted by atomic mass is 16.5. The van der Waals surface area contributed by atoms with E-state index in [4.69, 9.17) is 4.74 Å². The lowest BCUT2D eigenvalue weighted by molar-refractivity contribution is -0.119. The molecule has 19 heavy (non-hydrogen) atoms. The van der Waals surface area contributed by atoms with Crippen molar-refractivity contribution in [3.05, 3.63) is 29.8 Å². The Kier molecular flexibility index (Phi) is 6.97. The van der Waals surface area contributed by atoms with Crippen LogP contribution in [0, 0.1) is 0 Å². The van der Waals surface area contributed by atoms with Crippen LogP contribution in [0.2, 0.25) is 0 Å². The number of rotatable bonds is 8. The van der Waals surface area contributed by atoms with Crippen LogP contribution in [0.25, 0.3) is 0 Å². The van der Waals surface area contributed by atoms with Gasteiger partial charge in [0.05, 0.1) is 6.54 Å². The summed E-state index contributed by atoms with van der Waals surface area (Å²) in [5.41, 5.74) is 2.27. The Bertz CT molecular complexity index is 374. The van der Waals surface area contributed by atoms with E-state index >= 15 is 0 Å². The van der Waals surface area contributed by atoms with Gasteiger partial charge in [-0.15, -0.1) is 0 Å². The van der Waals surface area contributed by atoms with Gasteiger partial charge in [0.25, 0.3) is 0 Å². The molecule has 4 heteroatoms. The first kappa shape index (κ1) is 15.5. The van der Waals surface area contributed by atoms with Crippen molar-refractivity contribution in [2.24, 2.45) is 0 Å². The lowest BCUT2D eigenvalue weighted by atomic mass is 10.0. The highest BCUT2D eigenvalue weighted by Gasteiger charge is 2.01. The molecule has 0 heterocycles. The highest BCUT2D eigenvalue weighted by molar-refractivity contribution is 5.80. The maximum Gasteiger partial charge on any atom is 0.239 e. The maximum atomic E-state index is 11.5. The smallest absolute Gasteiger partial charge is 0.239 e. The average Bonchev–Trinajstić information content (AvgIpc) is 2.42. The zero-order valence-electron chi connectivity index (χ0n) is 12.0. The average molecular weight is 264 g/mol. The summed E-state index contributed by atoms with van der Waals surface area (Å²) in [6.07, 6.45) is 0.839. The van der Waals surface area contributed by atoms with Crippen LogP contribution >= 0.6 is 0 Å². The SMILES string of the molecule is COCCCNC(=O)CNc1ccc(C(C)C)cc1.